The van der Waals surface area contributed by atoms with Crippen LogP contribution in [0, 0.1) is 20.8 Å². The van der Waals surface area contributed by atoms with E-state index < -0.39 is 5.97 Å². The number of hydrogen-bond donors (Lipinski definition) is 2. The van der Waals surface area contributed by atoms with Crippen molar-refractivity contribution in [3.05, 3.63) is 61.7 Å². The number of nitrogens with one attached hydrogen (secondary N) is 2. The van der Waals surface area contributed by atoms with Crippen molar-refractivity contribution in [1.29, 1.82) is 0 Å². The molecule has 0 radical (unpaired) electrons. The fourth-order valence-corrected chi connectivity index (χ4v) is 4.67. The molecule has 0 bridgehead atoms. The molecule has 0 unspecified atom stereocenters. The average Bonchev–Trinajstić information content (AvgIpc) is 3.18. The van der Waals surface area contributed by atoms with Crippen LogP contribution >= 0.6 is 46.8 Å². The first-order valence-electron chi connectivity index (χ1n) is 8.95. The maximum absolute atomic E-state index is 12.0. The van der Waals surface area contributed by atoms with E-state index in [9.17, 15) is 4.79 Å². The number of carbonyl (C=O) groups excluding carboxylic acids is 1. The topological polar surface area (TPSA) is 68.2 Å². The molecule has 0 aliphatic carbocycles. The molecule has 0 atom stereocenters. The Morgan fingerprint density at radius 2 is 1.90 bits per heavy atom. The summed E-state index contributed by atoms with van der Waals surface area (Å²) in [5.41, 5.74) is 3.68. The predicted octanol–water partition coefficient (Wildman–Crippen LogP) is 5.82. The number of aromatic nitrogens is 2. The molecule has 30 heavy (non-hydrogen) atoms. The van der Waals surface area contributed by atoms with Gasteiger partial charge in [-0.2, -0.15) is 5.10 Å². The Kier molecular flexibility index (Phi) is 7.02. The van der Waals surface area contributed by atoms with Crippen LogP contribution in [0.4, 0.5) is 10.7 Å². The minimum atomic E-state index is -0.415. The number of nitrogens with zero attached hydrogens (tertiary/aromatic N) is 2. The molecule has 3 rings (SSSR count). The van der Waals surface area contributed by atoms with Crippen LogP contribution < -0.4 is 10.6 Å². The van der Waals surface area contributed by atoms with E-state index in [-0.39, 0.29) is 0 Å². The van der Waals surface area contributed by atoms with Crippen LogP contribution in [0.15, 0.2) is 24.3 Å². The lowest BCUT2D eigenvalue weighted by molar-refractivity contribution is 0.0602. The summed E-state index contributed by atoms with van der Waals surface area (Å²) in [6.45, 7) is 6.17. The second-order valence-electron chi connectivity index (χ2n) is 6.57. The molecule has 0 spiro atoms. The van der Waals surface area contributed by atoms with Crippen LogP contribution in [0.2, 0.25) is 10.0 Å². The molecular formula is C20H20Cl2N4O2S2. The van der Waals surface area contributed by atoms with Crippen molar-refractivity contribution in [1.82, 2.24) is 9.78 Å². The quantitative estimate of drug-likeness (QED) is 0.352. The van der Waals surface area contributed by atoms with Gasteiger partial charge in [-0.1, -0.05) is 29.3 Å². The molecular weight excluding hydrogens is 463 g/mol. The maximum Gasteiger partial charge on any atom is 0.340 e. The van der Waals surface area contributed by atoms with E-state index in [1.54, 1.807) is 24.3 Å². The Bertz CT molecular complexity index is 1100. The van der Waals surface area contributed by atoms with E-state index in [2.05, 4.69) is 15.7 Å². The van der Waals surface area contributed by atoms with Crippen LogP contribution in [-0.2, 0) is 11.3 Å². The van der Waals surface area contributed by atoms with Crippen molar-refractivity contribution in [2.24, 2.45) is 0 Å². The molecule has 1 aromatic carbocycles. The van der Waals surface area contributed by atoms with E-state index in [4.69, 9.17) is 40.2 Å². The zero-order valence-corrected chi connectivity index (χ0v) is 19.9. The number of thiophene rings is 1. The lowest BCUT2D eigenvalue weighted by Gasteiger charge is -2.12. The average molecular weight is 483 g/mol. The third-order valence-electron chi connectivity index (χ3n) is 4.48. The highest BCUT2D eigenvalue weighted by Gasteiger charge is 2.18. The standard InChI is InChI=1S/C20H20Cl2N4O2S2/c1-10-8-13(19(27)28-4)18(30-10)24-20(29)23-17-11(2)25-26(12(17)3)9-14-15(21)6-5-7-16(14)22/h5-8H,9H2,1-4H3,(H2,23,24,29). The number of aryl methyl sites for hydroxylation is 2. The van der Waals surface area contributed by atoms with Gasteiger partial charge in [0.2, 0.25) is 0 Å². The summed E-state index contributed by atoms with van der Waals surface area (Å²) >= 11 is 19.5. The van der Waals surface area contributed by atoms with Crippen LogP contribution in [-0.4, -0.2) is 28.0 Å². The molecule has 6 nitrogen and oxygen atoms in total. The number of esters is 1. The van der Waals surface area contributed by atoms with E-state index in [1.165, 1.54) is 18.4 Å². The molecule has 2 aromatic heterocycles. The Morgan fingerprint density at radius 1 is 1.23 bits per heavy atom. The summed E-state index contributed by atoms with van der Waals surface area (Å²) in [6, 6.07) is 7.17. The molecule has 0 amide bonds. The highest BCUT2D eigenvalue weighted by Crippen LogP contribution is 2.30. The molecule has 0 aliphatic heterocycles. The zero-order valence-electron chi connectivity index (χ0n) is 16.8. The van der Waals surface area contributed by atoms with Crippen molar-refractivity contribution in [3.63, 3.8) is 0 Å². The Hall–Kier alpha value is -2.13. The summed E-state index contributed by atoms with van der Waals surface area (Å²) in [5.74, 6) is -0.415. The third kappa shape index (κ3) is 4.78. The normalized spacial score (nSPS) is 10.7. The van der Waals surface area contributed by atoms with Crippen molar-refractivity contribution in [2.45, 2.75) is 27.3 Å². The van der Waals surface area contributed by atoms with Gasteiger partial charge in [0, 0.05) is 20.5 Å². The number of carbonyl (C=O) groups is 1. The number of methoxy groups -OCH3 is 1. The van der Waals surface area contributed by atoms with Crippen LogP contribution in [0.25, 0.3) is 0 Å². The minimum Gasteiger partial charge on any atom is -0.465 e. The smallest absolute Gasteiger partial charge is 0.340 e. The monoisotopic (exact) mass is 482 g/mol. The molecule has 0 saturated heterocycles. The fourth-order valence-electron chi connectivity index (χ4n) is 2.98. The summed E-state index contributed by atoms with van der Waals surface area (Å²) in [7, 11) is 1.35. The largest absolute Gasteiger partial charge is 0.465 e. The highest BCUT2D eigenvalue weighted by molar-refractivity contribution is 7.80. The van der Waals surface area contributed by atoms with Gasteiger partial charge in [-0.25, -0.2) is 4.79 Å². The van der Waals surface area contributed by atoms with Crippen molar-refractivity contribution < 1.29 is 9.53 Å². The number of benzene rings is 1. The van der Waals surface area contributed by atoms with Gasteiger partial charge in [0.05, 0.1) is 36.3 Å². The van der Waals surface area contributed by atoms with Gasteiger partial charge in [-0.3, -0.25) is 4.68 Å². The number of anilines is 2. The lowest BCUT2D eigenvalue weighted by atomic mass is 10.2. The van der Waals surface area contributed by atoms with Crippen LogP contribution in [0.3, 0.4) is 0 Å². The Labute approximate surface area is 194 Å². The second-order valence-corrected chi connectivity index (χ2v) is 9.05. The maximum atomic E-state index is 12.0. The van der Waals surface area contributed by atoms with Gasteiger partial charge in [-0.05, 0) is 51.2 Å². The van der Waals surface area contributed by atoms with E-state index in [0.717, 1.165) is 27.5 Å². The number of hydrogen-bond acceptors (Lipinski definition) is 5. The Morgan fingerprint density at radius 3 is 2.53 bits per heavy atom. The first kappa shape index (κ1) is 22.6. The second kappa shape index (κ2) is 9.34. The fraction of sp³-hybridized carbons (Fsp3) is 0.250. The van der Waals surface area contributed by atoms with Gasteiger partial charge in [-0.15, -0.1) is 11.3 Å². The van der Waals surface area contributed by atoms with Crippen LogP contribution in [0.5, 0.6) is 0 Å². The molecule has 0 fully saturated rings. The number of halogens is 2. The van der Waals surface area contributed by atoms with Gasteiger partial charge in [0.15, 0.2) is 5.11 Å². The summed E-state index contributed by atoms with van der Waals surface area (Å²) in [5, 5.41) is 13.0. The summed E-state index contributed by atoms with van der Waals surface area (Å²) in [4.78, 5) is 12.9. The van der Waals surface area contributed by atoms with Gasteiger partial charge in [0.1, 0.15) is 5.00 Å². The minimum absolute atomic E-state index is 0.350. The molecule has 0 aliphatic rings. The number of thiocarbonyl (C=S) groups is 1. The van der Waals surface area contributed by atoms with E-state index in [1.807, 2.05) is 25.5 Å². The highest BCUT2D eigenvalue weighted by atomic mass is 35.5. The molecule has 2 heterocycles. The van der Waals surface area contributed by atoms with Crippen molar-refractivity contribution >= 4 is 68.5 Å². The SMILES string of the molecule is COC(=O)c1cc(C)sc1NC(=S)Nc1c(C)nn(Cc2c(Cl)cccc2Cl)c1C. The first-order valence-corrected chi connectivity index (χ1v) is 10.9. The molecule has 3 aromatic rings. The molecule has 10 heteroatoms. The number of rotatable bonds is 5. The van der Waals surface area contributed by atoms with Crippen molar-refractivity contribution in [3.8, 4) is 0 Å². The Balaban J connectivity index is 1.80. The lowest BCUT2D eigenvalue weighted by Crippen LogP contribution is -2.20. The van der Waals surface area contributed by atoms with E-state index in [0.29, 0.717) is 32.3 Å². The third-order valence-corrected chi connectivity index (χ3v) is 6.36. The van der Waals surface area contributed by atoms with Crippen LogP contribution in [0.1, 0.15) is 32.2 Å². The van der Waals surface area contributed by atoms with Gasteiger partial charge < -0.3 is 15.4 Å². The zero-order chi connectivity index (χ0) is 22.0. The molecule has 0 saturated carbocycles. The van der Waals surface area contributed by atoms with Gasteiger partial charge in [0.25, 0.3) is 0 Å². The summed E-state index contributed by atoms with van der Waals surface area (Å²) < 4.78 is 6.66. The van der Waals surface area contributed by atoms with E-state index >= 15 is 0 Å². The number of ether oxygens (including phenoxy) is 1. The van der Waals surface area contributed by atoms with Crippen molar-refractivity contribution in [2.75, 3.05) is 17.7 Å². The first-order chi connectivity index (χ1) is 14.2. The van der Waals surface area contributed by atoms with Gasteiger partial charge >= 0.3 is 5.97 Å². The predicted molar refractivity (Wildman–Crippen MR) is 128 cm³/mol. The molecule has 2 N–H and O–H groups in total. The summed E-state index contributed by atoms with van der Waals surface area (Å²) in [6.07, 6.45) is 0. The molecule has 158 valence electrons.